The quantitative estimate of drug-likeness (QED) is 0.577. The Morgan fingerprint density at radius 3 is 2.48 bits per heavy atom. The Morgan fingerprint density at radius 1 is 1.08 bits per heavy atom. The van der Waals surface area contributed by atoms with Crippen LogP contribution in [0.5, 0.6) is 0 Å². The topological polar surface area (TPSA) is 110 Å². The summed E-state index contributed by atoms with van der Waals surface area (Å²) in [6.07, 6.45) is 1.47. The third-order valence-electron chi connectivity index (χ3n) is 4.02. The van der Waals surface area contributed by atoms with Crippen LogP contribution in [0.3, 0.4) is 0 Å². The lowest BCUT2D eigenvalue weighted by molar-refractivity contribution is -0.120. The molecule has 0 fully saturated rings. The number of nitrogens with zero attached hydrogens (tertiary/aromatic N) is 3. The number of tetrazole rings is 1. The van der Waals surface area contributed by atoms with Crippen molar-refractivity contribution in [2.45, 2.75) is 25.4 Å². The van der Waals surface area contributed by atoms with E-state index in [0.717, 1.165) is 17.5 Å². The lowest BCUT2D eigenvalue weighted by atomic mass is 10.0. The van der Waals surface area contributed by atoms with Gasteiger partial charge < -0.3 is 11.1 Å². The summed E-state index contributed by atoms with van der Waals surface area (Å²) >= 11 is 0. The number of carbonyl (C=O) groups excluding carboxylic acids is 1. The average molecular weight is 336 g/mol. The van der Waals surface area contributed by atoms with E-state index in [1.54, 1.807) is 0 Å². The van der Waals surface area contributed by atoms with Gasteiger partial charge in [-0.25, -0.2) is 0 Å². The lowest BCUT2D eigenvalue weighted by Gasteiger charge is -2.15. The number of aromatic nitrogens is 4. The summed E-state index contributed by atoms with van der Waals surface area (Å²) in [6.45, 7) is 0.564. The Bertz CT molecular complexity index is 786. The van der Waals surface area contributed by atoms with Crippen molar-refractivity contribution < 1.29 is 4.79 Å². The van der Waals surface area contributed by atoms with E-state index in [-0.39, 0.29) is 11.9 Å². The summed E-state index contributed by atoms with van der Waals surface area (Å²) in [5, 5.41) is 17.1. The van der Waals surface area contributed by atoms with Gasteiger partial charge in [-0.2, -0.15) is 5.21 Å². The van der Waals surface area contributed by atoms with E-state index >= 15 is 0 Å². The summed E-state index contributed by atoms with van der Waals surface area (Å²) in [5.74, 6) is 0.219. The number of aromatic amines is 1. The molecule has 0 aliphatic heterocycles. The number of H-pyrrole nitrogens is 1. The second kappa shape index (κ2) is 8.16. The van der Waals surface area contributed by atoms with Crippen molar-refractivity contribution in [1.82, 2.24) is 25.9 Å². The molecule has 1 heterocycles. The second-order valence-electron chi connectivity index (χ2n) is 5.79. The number of rotatable bonds is 8. The fraction of sp³-hybridized carbons (Fsp3) is 0.222. The zero-order chi connectivity index (χ0) is 17.5. The van der Waals surface area contributed by atoms with E-state index in [1.165, 1.54) is 5.56 Å². The SMILES string of the molecule is NC(=O)[C@@H](CCc1ccccc1)NCc1ccc(-c2nn[nH]n2)cc1. The molecule has 0 aliphatic rings. The minimum atomic E-state index is -0.364. The molecule has 0 bridgehead atoms. The zero-order valence-electron chi connectivity index (χ0n) is 13.7. The number of hydrogen-bond donors (Lipinski definition) is 3. The van der Waals surface area contributed by atoms with Crippen LogP contribution < -0.4 is 11.1 Å². The van der Waals surface area contributed by atoms with Crippen molar-refractivity contribution in [3.05, 3.63) is 65.7 Å². The first kappa shape index (κ1) is 16.8. The van der Waals surface area contributed by atoms with Crippen molar-refractivity contribution >= 4 is 5.91 Å². The van der Waals surface area contributed by atoms with Crippen molar-refractivity contribution in [1.29, 1.82) is 0 Å². The molecule has 25 heavy (non-hydrogen) atoms. The Morgan fingerprint density at radius 2 is 1.84 bits per heavy atom. The monoisotopic (exact) mass is 336 g/mol. The number of nitrogens with one attached hydrogen (secondary N) is 2. The minimum absolute atomic E-state index is 0.334. The fourth-order valence-electron chi connectivity index (χ4n) is 2.60. The maximum absolute atomic E-state index is 11.7. The van der Waals surface area contributed by atoms with Crippen LogP contribution in [0.2, 0.25) is 0 Å². The molecule has 0 saturated heterocycles. The van der Waals surface area contributed by atoms with Gasteiger partial charge in [0.2, 0.25) is 11.7 Å². The fourth-order valence-corrected chi connectivity index (χ4v) is 2.60. The molecule has 7 heteroatoms. The van der Waals surface area contributed by atoms with Crippen LogP contribution in [-0.2, 0) is 17.8 Å². The minimum Gasteiger partial charge on any atom is -0.368 e. The number of carbonyl (C=O) groups is 1. The number of hydrogen-bond acceptors (Lipinski definition) is 5. The highest BCUT2D eigenvalue weighted by Crippen LogP contribution is 2.14. The molecule has 0 aliphatic carbocycles. The Balaban J connectivity index is 1.55. The van der Waals surface area contributed by atoms with Gasteiger partial charge >= 0.3 is 0 Å². The molecule has 128 valence electrons. The van der Waals surface area contributed by atoms with Crippen LogP contribution in [0.25, 0.3) is 11.4 Å². The van der Waals surface area contributed by atoms with Crippen LogP contribution in [0.1, 0.15) is 17.5 Å². The van der Waals surface area contributed by atoms with E-state index in [9.17, 15) is 4.79 Å². The van der Waals surface area contributed by atoms with E-state index in [2.05, 4.69) is 38.1 Å². The van der Waals surface area contributed by atoms with Gasteiger partial charge in [0.15, 0.2) is 0 Å². The van der Waals surface area contributed by atoms with Gasteiger partial charge in [0.1, 0.15) is 0 Å². The number of benzene rings is 2. The van der Waals surface area contributed by atoms with E-state index in [1.807, 2.05) is 42.5 Å². The zero-order valence-corrected chi connectivity index (χ0v) is 13.7. The maximum atomic E-state index is 11.7. The molecule has 3 aromatic rings. The van der Waals surface area contributed by atoms with Crippen LogP contribution in [0.15, 0.2) is 54.6 Å². The van der Waals surface area contributed by atoms with Gasteiger partial charge in [-0.05, 0) is 29.2 Å². The molecule has 1 amide bonds. The molecular weight excluding hydrogens is 316 g/mol. The van der Waals surface area contributed by atoms with E-state index in [4.69, 9.17) is 5.73 Å². The van der Waals surface area contributed by atoms with Crippen molar-refractivity contribution in [3.63, 3.8) is 0 Å². The van der Waals surface area contributed by atoms with Gasteiger partial charge in [-0.1, -0.05) is 54.6 Å². The predicted molar refractivity (Wildman–Crippen MR) is 94.2 cm³/mol. The van der Waals surface area contributed by atoms with Gasteiger partial charge in [-0.3, -0.25) is 4.79 Å². The molecule has 2 aromatic carbocycles. The standard InChI is InChI=1S/C18H20N6O/c19-17(25)16(11-8-13-4-2-1-3-5-13)20-12-14-6-9-15(10-7-14)18-21-23-24-22-18/h1-7,9-10,16,20H,8,11-12H2,(H2,19,25)(H,21,22,23,24)/t16-/m1/s1. The first-order chi connectivity index (χ1) is 12.2. The van der Waals surface area contributed by atoms with Crippen LogP contribution in [0.4, 0.5) is 0 Å². The predicted octanol–water partition coefficient (Wildman–Crippen LogP) is 1.44. The molecule has 0 radical (unpaired) electrons. The summed E-state index contributed by atoms with van der Waals surface area (Å²) in [7, 11) is 0. The molecular formula is C18H20N6O. The molecule has 0 saturated carbocycles. The first-order valence-corrected chi connectivity index (χ1v) is 8.12. The summed E-state index contributed by atoms with van der Waals surface area (Å²) in [4.78, 5) is 11.7. The number of primary amides is 1. The van der Waals surface area contributed by atoms with Crippen molar-refractivity contribution in [3.8, 4) is 11.4 Å². The largest absolute Gasteiger partial charge is 0.368 e. The highest BCUT2D eigenvalue weighted by atomic mass is 16.1. The summed E-state index contributed by atoms with van der Waals surface area (Å²) in [6, 6.07) is 17.5. The normalized spacial score (nSPS) is 12.0. The smallest absolute Gasteiger partial charge is 0.234 e. The summed E-state index contributed by atoms with van der Waals surface area (Å²) in [5.41, 5.74) is 8.66. The van der Waals surface area contributed by atoms with Gasteiger partial charge in [0, 0.05) is 12.1 Å². The third kappa shape index (κ3) is 4.71. The highest BCUT2D eigenvalue weighted by molar-refractivity contribution is 5.79. The number of amides is 1. The number of aryl methyl sites for hydroxylation is 1. The molecule has 4 N–H and O–H groups in total. The summed E-state index contributed by atoms with van der Waals surface area (Å²) < 4.78 is 0. The molecule has 1 atom stereocenters. The number of nitrogens with two attached hydrogens (primary N) is 1. The van der Waals surface area contributed by atoms with Crippen LogP contribution in [0, 0.1) is 0 Å². The lowest BCUT2D eigenvalue weighted by Crippen LogP contribution is -2.41. The Kier molecular flexibility index (Phi) is 5.48. The molecule has 0 spiro atoms. The molecule has 7 nitrogen and oxygen atoms in total. The van der Waals surface area contributed by atoms with Crippen LogP contribution in [-0.4, -0.2) is 32.6 Å². The maximum Gasteiger partial charge on any atom is 0.234 e. The van der Waals surface area contributed by atoms with Crippen molar-refractivity contribution in [2.24, 2.45) is 5.73 Å². The molecule has 3 rings (SSSR count). The Hall–Kier alpha value is -3.06. The second-order valence-corrected chi connectivity index (χ2v) is 5.79. The van der Waals surface area contributed by atoms with Crippen molar-refractivity contribution in [2.75, 3.05) is 0 Å². The molecule has 1 aromatic heterocycles. The van der Waals surface area contributed by atoms with Crippen LogP contribution >= 0.6 is 0 Å². The Labute approximate surface area is 145 Å². The van der Waals surface area contributed by atoms with E-state index in [0.29, 0.717) is 18.8 Å². The molecule has 0 unspecified atom stereocenters. The van der Waals surface area contributed by atoms with Gasteiger partial charge in [0.05, 0.1) is 6.04 Å². The first-order valence-electron chi connectivity index (χ1n) is 8.12. The van der Waals surface area contributed by atoms with Gasteiger partial charge in [0.25, 0.3) is 0 Å². The highest BCUT2D eigenvalue weighted by Gasteiger charge is 2.14. The van der Waals surface area contributed by atoms with E-state index < -0.39 is 0 Å². The van der Waals surface area contributed by atoms with Gasteiger partial charge in [-0.15, -0.1) is 10.2 Å². The average Bonchev–Trinajstić information content (AvgIpc) is 3.17. The third-order valence-corrected chi connectivity index (χ3v) is 4.02.